The zero-order chi connectivity index (χ0) is 17.1. The number of thiophene rings is 1. The molecule has 0 radical (unpaired) electrons. The van der Waals surface area contributed by atoms with E-state index in [0.717, 1.165) is 30.8 Å². The Labute approximate surface area is 148 Å². The van der Waals surface area contributed by atoms with E-state index in [-0.39, 0.29) is 5.91 Å². The van der Waals surface area contributed by atoms with Crippen LogP contribution in [-0.2, 0) is 17.6 Å². The Morgan fingerprint density at radius 3 is 2.67 bits per heavy atom. The third-order valence-electron chi connectivity index (χ3n) is 5.51. The fraction of sp³-hybridized carbons (Fsp3) is 0.684. The normalized spacial score (nSPS) is 24.2. The van der Waals surface area contributed by atoms with Crippen molar-refractivity contribution in [2.75, 3.05) is 11.9 Å². The molecule has 4 nitrogen and oxygen atoms in total. The Bertz CT molecular complexity index is 636. The van der Waals surface area contributed by atoms with Crippen molar-refractivity contribution in [3.05, 3.63) is 16.0 Å². The summed E-state index contributed by atoms with van der Waals surface area (Å²) >= 11 is 1.61. The first-order valence-electron chi connectivity index (χ1n) is 9.20. The highest BCUT2D eigenvalue weighted by atomic mass is 32.1. The quantitative estimate of drug-likeness (QED) is 0.894. The molecule has 130 valence electrons. The van der Waals surface area contributed by atoms with Crippen LogP contribution in [0.5, 0.6) is 0 Å². The van der Waals surface area contributed by atoms with Gasteiger partial charge in [0.15, 0.2) is 0 Å². The molecule has 0 spiro atoms. The average molecular weight is 346 g/mol. The molecule has 5 heteroatoms. The van der Waals surface area contributed by atoms with E-state index in [2.05, 4.69) is 30.1 Å². The fourth-order valence-corrected chi connectivity index (χ4v) is 5.36. The minimum atomic E-state index is 0.0371. The van der Waals surface area contributed by atoms with Crippen molar-refractivity contribution in [2.45, 2.75) is 77.3 Å². The molecule has 1 amide bonds. The number of carbonyl (C=O) groups is 1. The third kappa shape index (κ3) is 3.65. The number of piperidine rings is 1. The van der Waals surface area contributed by atoms with Crippen molar-refractivity contribution in [3.63, 3.8) is 0 Å². The van der Waals surface area contributed by atoms with Gasteiger partial charge in [-0.05, 0) is 57.9 Å². The number of nitrogens with zero attached hydrogens (tertiary/aromatic N) is 2. The number of rotatable bonds is 4. The van der Waals surface area contributed by atoms with Crippen LogP contribution < -0.4 is 5.32 Å². The van der Waals surface area contributed by atoms with E-state index in [1.807, 2.05) is 0 Å². The molecule has 24 heavy (non-hydrogen) atoms. The van der Waals surface area contributed by atoms with E-state index in [1.54, 1.807) is 11.3 Å². The molecule has 1 saturated heterocycles. The van der Waals surface area contributed by atoms with Crippen LogP contribution in [0.4, 0.5) is 5.00 Å². The topological polar surface area (TPSA) is 56.1 Å². The van der Waals surface area contributed by atoms with Gasteiger partial charge in [-0.3, -0.25) is 9.69 Å². The van der Waals surface area contributed by atoms with Gasteiger partial charge in [-0.15, -0.1) is 11.3 Å². The molecule has 2 atom stereocenters. The fourth-order valence-electron chi connectivity index (χ4n) is 4.11. The predicted molar refractivity (Wildman–Crippen MR) is 98.4 cm³/mol. The number of nitriles is 1. The minimum Gasteiger partial charge on any atom is -0.317 e. The Kier molecular flexibility index (Phi) is 5.57. The lowest BCUT2D eigenvalue weighted by atomic mass is 9.96. The molecule has 2 unspecified atom stereocenters. The highest BCUT2D eigenvalue weighted by Crippen LogP contribution is 2.37. The van der Waals surface area contributed by atoms with Gasteiger partial charge in [-0.2, -0.15) is 5.26 Å². The second kappa shape index (κ2) is 7.67. The number of nitrogens with one attached hydrogen (secondary N) is 1. The zero-order valence-corrected chi connectivity index (χ0v) is 15.5. The van der Waals surface area contributed by atoms with E-state index in [0.29, 0.717) is 24.1 Å². The van der Waals surface area contributed by atoms with Crippen LogP contribution in [0, 0.1) is 11.3 Å². The van der Waals surface area contributed by atoms with Gasteiger partial charge >= 0.3 is 0 Å². The molecule has 2 heterocycles. The number of carbonyl (C=O) groups excluding carboxylic acids is 1. The Hall–Kier alpha value is -1.38. The smallest absolute Gasteiger partial charge is 0.226 e. The Balaban J connectivity index is 1.61. The molecule has 1 aromatic rings. The largest absolute Gasteiger partial charge is 0.317 e. The van der Waals surface area contributed by atoms with E-state index in [9.17, 15) is 10.1 Å². The molecular formula is C19H27N3OS. The number of aryl methyl sites for hydroxylation is 1. The van der Waals surface area contributed by atoms with Crippen molar-refractivity contribution in [2.24, 2.45) is 0 Å². The summed E-state index contributed by atoms with van der Waals surface area (Å²) in [5.74, 6) is 0.0371. The van der Waals surface area contributed by atoms with Crippen molar-refractivity contribution < 1.29 is 4.79 Å². The molecule has 0 aromatic carbocycles. The first kappa shape index (κ1) is 17.4. The van der Waals surface area contributed by atoms with Gasteiger partial charge < -0.3 is 5.32 Å². The average Bonchev–Trinajstić information content (AvgIpc) is 2.91. The van der Waals surface area contributed by atoms with Crippen LogP contribution >= 0.6 is 11.3 Å². The molecular weight excluding hydrogens is 318 g/mol. The van der Waals surface area contributed by atoms with Crippen LogP contribution in [0.3, 0.4) is 0 Å². The highest BCUT2D eigenvalue weighted by Gasteiger charge is 2.25. The van der Waals surface area contributed by atoms with Gasteiger partial charge in [0, 0.05) is 29.9 Å². The molecule has 1 fully saturated rings. The number of hydrogen-bond donors (Lipinski definition) is 1. The lowest BCUT2D eigenvalue weighted by molar-refractivity contribution is -0.116. The monoisotopic (exact) mass is 345 g/mol. The molecule has 0 bridgehead atoms. The number of anilines is 1. The van der Waals surface area contributed by atoms with Gasteiger partial charge in [-0.25, -0.2) is 0 Å². The maximum absolute atomic E-state index is 12.4. The summed E-state index contributed by atoms with van der Waals surface area (Å²) in [6.45, 7) is 5.32. The van der Waals surface area contributed by atoms with Crippen LogP contribution in [0.1, 0.15) is 68.4 Å². The van der Waals surface area contributed by atoms with E-state index in [1.165, 1.54) is 36.1 Å². The number of hydrogen-bond acceptors (Lipinski definition) is 4. The second-order valence-corrected chi connectivity index (χ2v) is 8.30. The minimum absolute atomic E-state index is 0.0371. The molecule has 1 aromatic heterocycles. The number of amides is 1. The Morgan fingerprint density at radius 2 is 1.96 bits per heavy atom. The zero-order valence-electron chi connectivity index (χ0n) is 14.7. The molecule has 3 rings (SSSR count). The molecule has 1 aliphatic carbocycles. The van der Waals surface area contributed by atoms with Crippen LogP contribution in [-0.4, -0.2) is 29.4 Å². The maximum atomic E-state index is 12.4. The first-order chi connectivity index (χ1) is 11.6. The SMILES string of the molecule is CC1CCCC(C)N1CCC(=O)Nc1sc2c(c1C#N)CCCC2. The highest BCUT2D eigenvalue weighted by molar-refractivity contribution is 7.16. The van der Waals surface area contributed by atoms with Crippen molar-refractivity contribution in [3.8, 4) is 6.07 Å². The number of likely N-dealkylation sites (tertiary alicyclic amines) is 1. The Morgan fingerprint density at radius 1 is 1.25 bits per heavy atom. The van der Waals surface area contributed by atoms with Crippen molar-refractivity contribution in [1.29, 1.82) is 5.26 Å². The summed E-state index contributed by atoms with van der Waals surface area (Å²) < 4.78 is 0. The van der Waals surface area contributed by atoms with Crippen molar-refractivity contribution >= 4 is 22.2 Å². The standard InChI is InChI=1S/C19H27N3OS/c1-13-6-5-7-14(2)22(13)11-10-18(23)21-19-16(12-20)15-8-3-4-9-17(15)24-19/h13-14H,3-11H2,1-2H3,(H,21,23). The van der Waals surface area contributed by atoms with Crippen LogP contribution in [0.15, 0.2) is 0 Å². The van der Waals surface area contributed by atoms with Crippen LogP contribution in [0.25, 0.3) is 0 Å². The molecule has 2 aliphatic rings. The second-order valence-electron chi connectivity index (χ2n) is 7.19. The van der Waals surface area contributed by atoms with Gasteiger partial charge in [0.2, 0.25) is 5.91 Å². The number of fused-ring (bicyclic) bond motifs is 1. The lowest BCUT2D eigenvalue weighted by Crippen LogP contribution is -2.44. The molecule has 1 aliphatic heterocycles. The summed E-state index contributed by atoms with van der Waals surface area (Å²) in [7, 11) is 0. The van der Waals surface area contributed by atoms with Gasteiger partial charge in [0.05, 0.1) is 5.56 Å². The summed E-state index contributed by atoms with van der Waals surface area (Å²) in [5, 5.41) is 13.3. The lowest BCUT2D eigenvalue weighted by Gasteiger charge is -2.38. The van der Waals surface area contributed by atoms with Crippen molar-refractivity contribution in [1.82, 2.24) is 4.90 Å². The summed E-state index contributed by atoms with van der Waals surface area (Å²) in [4.78, 5) is 16.2. The summed E-state index contributed by atoms with van der Waals surface area (Å²) in [6.07, 6.45) is 8.61. The van der Waals surface area contributed by atoms with Crippen LogP contribution in [0.2, 0.25) is 0 Å². The first-order valence-corrected chi connectivity index (χ1v) is 10.0. The third-order valence-corrected chi connectivity index (χ3v) is 6.72. The van der Waals surface area contributed by atoms with E-state index >= 15 is 0 Å². The molecule has 0 saturated carbocycles. The summed E-state index contributed by atoms with van der Waals surface area (Å²) in [6, 6.07) is 3.43. The van der Waals surface area contributed by atoms with E-state index in [4.69, 9.17) is 0 Å². The maximum Gasteiger partial charge on any atom is 0.226 e. The van der Waals surface area contributed by atoms with E-state index < -0.39 is 0 Å². The van der Waals surface area contributed by atoms with Gasteiger partial charge in [0.25, 0.3) is 0 Å². The molecule has 1 N–H and O–H groups in total. The van der Waals surface area contributed by atoms with Gasteiger partial charge in [-0.1, -0.05) is 6.42 Å². The van der Waals surface area contributed by atoms with Gasteiger partial charge in [0.1, 0.15) is 11.1 Å². The summed E-state index contributed by atoms with van der Waals surface area (Å²) in [5.41, 5.74) is 1.89. The predicted octanol–water partition coefficient (Wildman–Crippen LogP) is 4.09.